The van der Waals surface area contributed by atoms with Gasteiger partial charge in [-0.25, -0.2) is 13.4 Å². The Morgan fingerprint density at radius 2 is 1.66 bits per heavy atom. The number of hydrogen-bond donors (Lipinski definition) is 0. The van der Waals surface area contributed by atoms with Gasteiger partial charge in [0, 0.05) is 44.1 Å². The van der Waals surface area contributed by atoms with Gasteiger partial charge in [0.2, 0.25) is 10.0 Å². The molecule has 0 radical (unpaired) electrons. The van der Waals surface area contributed by atoms with Crippen LogP contribution in [0.1, 0.15) is 11.4 Å². The smallest absolute Gasteiger partial charge is 0.381 e. The van der Waals surface area contributed by atoms with Crippen LogP contribution in [0.15, 0.2) is 17.0 Å². The van der Waals surface area contributed by atoms with Gasteiger partial charge in [0.05, 0.1) is 13.2 Å². The zero-order chi connectivity index (χ0) is 21.2. The van der Waals surface area contributed by atoms with Crippen LogP contribution in [0.3, 0.4) is 0 Å². The van der Waals surface area contributed by atoms with E-state index in [9.17, 15) is 34.8 Å². The molecule has 3 saturated heterocycles. The van der Waals surface area contributed by atoms with Gasteiger partial charge in [0.1, 0.15) is 10.6 Å². The third-order valence-electron chi connectivity index (χ3n) is 5.40. The molecule has 29 heavy (non-hydrogen) atoms. The molecule has 0 unspecified atom stereocenters. The molecule has 1 aromatic heterocycles. The van der Waals surface area contributed by atoms with Crippen LogP contribution in [0, 0.1) is 11.3 Å². The van der Waals surface area contributed by atoms with Crippen molar-refractivity contribution in [3.05, 3.63) is 23.5 Å². The molecular formula is C16H17F6N3O3S. The standard InChI is InChI=1S/C16H17F6N3O3S/c17-15(18,19)12-2-1-11(13(23-12)16(20,21)22)29(26,27)25-8-14(9-25)6-24(7-14)3-10-4-28-5-10/h1-2,10H,3-9H2. The van der Waals surface area contributed by atoms with Crippen molar-refractivity contribution in [2.75, 3.05) is 45.9 Å². The Balaban J connectivity index is 1.50. The lowest BCUT2D eigenvalue weighted by molar-refractivity contribution is -0.151. The molecule has 0 bridgehead atoms. The third-order valence-corrected chi connectivity index (χ3v) is 7.22. The summed E-state index contributed by atoms with van der Waals surface area (Å²) in [5.41, 5.74) is -4.15. The first-order valence-electron chi connectivity index (χ1n) is 8.76. The van der Waals surface area contributed by atoms with E-state index in [0.29, 0.717) is 38.3 Å². The average Bonchev–Trinajstić information content (AvgIpc) is 2.47. The lowest BCUT2D eigenvalue weighted by Gasteiger charge is -2.60. The van der Waals surface area contributed by atoms with Crippen LogP contribution >= 0.6 is 0 Å². The van der Waals surface area contributed by atoms with Crippen molar-refractivity contribution in [1.29, 1.82) is 0 Å². The monoisotopic (exact) mass is 445 g/mol. The van der Waals surface area contributed by atoms with E-state index in [1.165, 1.54) is 0 Å². The summed E-state index contributed by atoms with van der Waals surface area (Å²) in [7, 11) is -4.61. The van der Waals surface area contributed by atoms with Gasteiger partial charge in [-0.1, -0.05) is 0 Å². The molecule has 0 N–H and O–H groups in total. The number of likely N-dealkylation sites (tertiary alicyclic amines) is 1. The Morgan fingerprint density at radius 1 is 1.03 bits per heavy atom. The highest BCUT2D eigenvalue weighted by Gasteiger charge is 2.56. The van der Waals surface area contributed by atoms with Crippen molar-refractivity contribution in [3.63, 3.8) is 0 Å². The van der Waals surface area contributed by atoms with Gasteiger partial charge < -0.3 is 9.64 Å². The summed E-state index contributed by atoms with van der Waals surface area (Å²) in [6.45, 7) is 3.53. The molecule has 0 saturated carbocycles. The molecule has 0 aliphatic carbocycles. The molecular weight excluding hydrogens is 428 g/mol. The predicted molar refractivity (Wildman–Crippen MR) is 86.2 cm³/mol. The van der Waals surface area contributed by atoms with E-state index >= 15 is 0 Å². The Labute approximate surface area is 162 Å². The maximum atomic E-state index is 13.2. The Hall–Kier alpha value is -1.44. The van der Waals surface area contributed by atoms with Gasteiger partial charge in [0.15, 0.2) is 5.69 Å². The van der Waals surface area contributed by atoms with Gasteiger partial charge >= 0.3 is 12.4 Å². The molecule has 6 nitrogen and oxygen atoms in total. The lowest BCUT2D eigenvalue weighted by atomic mass is 9.74. The molecule has 4 rings (SSSR count). The van der Waals surface area contributed by atoms with Crippen LogP contribution in [-0.2, 0) is 27.1 Å². The molecule has 4 heterocycles. The van der Waals surface area contributed by atoms with Crippen molar-refractivity contribution in [2.45, 2.75) is 17.2 Å². The largest absolute Gasteiger partial charge is 0.434 e. The Kier molecular flexibility index (Phi) is 4.69. The summed E-state index contributed by atoms with van der Waals surface area (Å²) in [4.78, 5) is 3.46. The number of aromatic nitrogens is 1. The molecule has 0 aromatic carbocycles. The first kappa shape index (κ1) is 20.8. The van der Waals surface area contributed by atoms with Crippen molar-refractivity contribution in [2.24, 2.45) is 11.3 Å². The number of nitrogens with zero attached hydrogens (tertiary/aromatic N) is 3. The lowest BCUT2D eigenvalue weighted by Crippen LogP contribution is -2.73. The molecule has 1 aromatic rings. The summed E-state index contributed by atoms with van der Waals surface area (Å²) >= 11 is 0. The Bertz CT molecular complexity index is 899. The van der Waals surface area contributed by atoms with Crippen LogP contribution in [0.25, 0.3) is 0 Å². The zero-order valence-corrected chi connectivity index (χ0v) is 15.7. The van der Waals surface area contributed by atoms with E-state index in [2.05, 4.69) is 9.88 Å². The zero-order valence-electron chi connectivity index (χ0n) is 14.9. The fraction of sp³-hybridized carbons (Fsp3) is 0.688. The summed E-state index contributed by atoms with van der Waals surface area (Å²) < 4.78 is 109. The minimum Gasteiger partial charge on any atom is -0.381 e. The molecule has 0 amide bonds. The van der Waals surface area contributed by atoms with E-state index in [0.717, 1.165) is 10.8 Å². The number of hydrogen-bond acceptors (Lipinski definition) is 5. The number of rotatable bonds is 4. The third kappa shape index (κ3) is 3.73. The number of alkyl halides is 6. The van der Waals surface area contributed by atoms with Gasteiger partial charge in [0.25, 0.3) is 0 Å². The van der Waals surface area contributed by atoms with Gasteiger partial charge in [-0.05, 0) is 12.1 Å². The quantitative estimate of drug-likeness (QED) is 0.665. The van der Waals surface area contributed by atoms with Gasteiger partial charge in [-0.2, -0.15) is 30.6 Å². The Morgan fingerprint density at radius 3 is 2.14 bits per heavy atom. The highest BCUT2D eigenvalue weighted by molar-refractivity contribution is 7.89. The topological polar surface area (TPSA) is 62.7 Å². The van der Waals surface area contributed by atoms with Crippen molar-refractivity contribution in [1.82, 2.24) is 14.2 Å². The first-order valence-corrected chi connectivity index (χ1v) is 10.2. The second-order valence-electron chi connectivity index (χ2n) is 7.88. The number of ether oxygens (including phenoxy) is 1. The highest BCUT2D eigenvalue weighted by atomic mass is 32.2. The molecule has 3 fully saturated rings. The molecule has 1 spiro atoms. The second-order valence-corrected chi connectivity index (χ2v) is 9.79. The van der Waals surface area contributed by atoms with E-state index in [4.69, 9.17) is 4.74 Å². The fourth-order valence-corrected chi connectivity index (χ4v) is 5.82. The molecule has 0 atom stereocenters. The first-order chi connectivity index (χ1) is 13.3. The predicted octanol–water partition coefficient (Wildman–Crippen LogP) is 2.07. The van der Waals surface area contributed by atoms with Gasteiger partial charge in [-0.15, -0.1) is 0 Å². The average molecular weight is 445 g/mol. The van der Waals surface area contributed by atoms with Crippen LogP contribution in [0.4, 0.5) is 26.3 Å². The molecule has 3 aliphatic heterocycles. The summed E-state index contributed by atoms with van der Waals surface area (Å²) in [6.07, 6.45) is -10.5. The summed E-state index contributed by atoms with van der Waals surface area (Å²) in [6, 6.07) is 0.589. The second kappa shape index (κ2) is 6.53. The van der Waals surface area contributed by atoms with Gasteiger partial charge in [-0.3, -0.25) is 0 Å². The summed E-state index contributed by atoms with van der Waals surface area (Å²) in [5, 5.41) is 0. The van der Waals surface area contributed by atoms with Crippen molar-refractivity contribution >= 4 is 10.0 Å². The fourth-order valence-electron chi connectivity index (χ4n) is 4.01. The molecule has 3 aliphatic rings. The number of pyridine rings is 1. The maximum absolute atomic E-state index is 13.2. The van der Waals surface area contributed by atoms with Crippen LogP contribution in [0.5, 0.6) is 0 Å². The summed E-state index contributed by atoms with van der Waals surface area (Å²) in [5.74, 6) is 0.444. The number of halogens is 6. The molecule has 162 valence electrons. The highest BCUT2D eigenvalue weighted by Crippen LogP contribution is 2.44. The molecule has 13 heteroatoms. The van der Waals surface area contributed by atoms with Crippen molar-refractivity contribution in [3.8, 4) is 0 Å². The maximum Gasteiger partial charge on any atom is 0.434 e. The van der Waals surface area contributed by atoms with E-state index < -0.39 is 38.7 Å². The van der Waals surface area contributed by atoms with E-state index in [-0.39, 0.29) is 24.6 Å². The van der Waals surface area contributed by atoms with Crippen LogP contribution < -0.4 is 0 Å². The van der Waals surface area contributed by atoms with Crippen LogP contribution in [-0.4, -0.2) is 68.5 Å². The van der Waals surface area contributed by atoms with E-state index in [1.807, 2.05) is 0 Å². The van der Waals surface area contributed by atoms with E-state index in [1.54, 1.807) is 0 Å². The SMILES string of the molecule is O=S(=O)(c1ccc(C(F)(F)F)nc1C(F)(F)F)N1CC2(CN(CC3COC3)C2)C1. The van der Waals surface area contributed by atoms with Crippen molar-refractivity contribution < 1.29 is 39.5 Å². The normalized spacial score (nSPS) is 23.5. The minimum atomic E-state index is -5.34. The minimum absolute atomic E-state index is 0.0331. The van der Waals surface area contributed by atoms with Crippen LogP contribution in [0.2, 0.25) is 0 Å². The number of sulfonamides is 1.